The lowest BCUT2D eigenvalue weighted by Crippen LogP contribution is -2.46. The molecular weight excluding hydrogens is 376 g/mol. The van der Waals surface area contributed by atoms with Gasteiger partial charge in [0.05, 0.1) is 14.2 Å². The normalized spacial score (nSPS) is 19.9. The maximum absolute atomic E-state index is 12.7. The van der Waals surface area contributed by atoms with Crippen LogP contribution in [0.2, 0.25) is 0 Å². The number of amides is 2. The Morgan fingerprint density at radius 3 is 2.75 bits per heavy atom. The Bertz CT molecular complexity index is 917. The largest absolute Gasteiger partial charge is 0.493 e. The molecule has 2 aromatic rings. The summed E-state index contributed by atoms with van der Waals surface area (Å²) >= 11 is 1.65. The van der Waals surface area contributed by atoms with E-state index in [1.165, 1.54) is 0 Å². The van der Waals surface area contributed by atoms with Crippen LogP contribution in [0.4, 0.5) is 0 Å². The molecule has 0 radical (unpaired) electrons. The standard InChI is InChI=1S/C21H22N2O4S/c1-26-17-8-7-13(11-18(17)27-2)9-10-22-19(24)16-12-28-21-15-6-4-3-5-14(15)20(25)23(16)21/h3-8,11,16,21H,9-10,12H2,1-2H3,(H,22,24)/t16-,21-/m0/s1. The van der Waals surface area contributed by atoms with Gasteiger partial charge >= 0.3 is 0 Å². The Balaban J connectivity index is 1.37. The summed E-state index contributed by atoms with van der Waals surface area (Å²) in [6.45, 7) is 0.495. The van der Waals surface area contributed by atoms with E-state index in [0.717, 1.165) is 11.1 Å². The smallest absolute Gasteiger partial charge is 0.256 e. The lowest BCUT2D eigenvalue weighted by Gasteiger charge is -2.22. The maximum atomic E-state index is 12.7. The van der Waals surface area contributed by atoms with Crippen molar-refractivity contribution in [3.8, 4) is 11.5 Å². The predicted octanol–water partition coefficient (Wildman–Crippen LogP) is 2.63. The Kier molecular flexibility index (Phi) is 5.17. The van der Waals surface area contributed by atoms with Crippen LogP contribution in [0.15, 0.2) is 42.5 Å². The average Bonchev–Trinajstić information content (AvgIpc) is 3.28. The van der Waals surface area contributed by atoms with E-state index in [4.69, 9.17) is 9.47 Å². The molecule has 1 fully saturated rings. The highest BCUT2D eigenvalue weighted by atomic mass is 32.2. The van der Waals surface area contributed by atoms with Crippen LogP contribution in [0.25, 0.3) is 0 Å². The summed E-state index contributed by atoms with van der Waals surface area (Å²) in [7, 11) is 3.20. The topological polar surface area (TPSA) is 67.9 Å². The highest BCUT2D eigenvalue weighted by Crippen LogP contribution is 2.48. The average molecular weight is 398 g/mol. The number of carbonyl (C=O) groups excluding carboxylic acids is 2. The molecule has 7 heteroatoms. The van der Waals surface area contributed by atoms with Gasteiger partial charge < -0.3 is 19.7 Å². The first-order valence-electron chi connectivity index (χ1n) is 9.16. The number of carbonyl (C=O) groups is 2. The molecule has 2 aliphatic rings. The van der Waals surface area contributed by atoms with Crippen LogP contribution in [0.5, 0.6) is 11.5 Å². The molecule has 0 bridgehead atoms. The van der Waals surface area contributed by atoms with Gasteiger partial charge in [-0.05, 0) is 35.7 Å². The molecule has 28 heavy (non-hydrogen) atoms. The van der Waals surface area contributed by atoms with Crippen molar-refractivity contribution < 1.29 is 19.1 Å². The van der Waals surface area contributed by atoms with E-state index in [9.17, 15) is 9.59 Å². The number of benzene rings is 2. The van der Waals surface area contributed by atoms with Crippen LogP contribution in [0, 0.1) is 0 Å². The SMILES string of the molecule is COc1ccc(CCNC(=O)[C@@H]2CS[C@H]3c4ccccc4C(=O)N23)cc1OC. The molecule has 2 amide bonds. The lowest BCUT2D eigenvalue weighted by molar-refractivity contribution is -0.124. The van der Waals surface area contributed by atoms with Crippen LogP contribution >= 0.6 is 11.8 Å². The molecule has 0 aliphatic carbocycles. The third-order valence-corrected chi connectivity index (χ3v) is 6.46. The van der Waals surface area contributed by atoms with Crippen molar-refractivity contribution in [1.82, 2.24) is 10.2 Å². The fourth-order valence-electron chi connectivity index (χ4n) is 3.73. The molecule has 0 unspecified atom stereocenters. The Hall–Kier alpha value is -2.67. The number of thioether (sulfide) groups is 1. The van der Waals surface area contributed by atoms with E-state index in [1.807, 2.05) is 42.5 Å². The van der Waals surface area contributed by atoms with Crippen LogP contribution in [0.1, 0.15) is 26.9 Å². The second-order valence-corrected chi connectivity index (χ2v) is 7.84. The first-order chi connectivity index (χ1) is 13.6. The van der Waals surface area contributed by atoms with Gasteiger partial charge in [-0.1, -0.05) is 24.3 Å². The molecule has 0 saturated carbocycles. The van der Waals surface area contributed by atoms with E-state index in [0.29, 0.717) is 35.8 Å². The fraction of sp³-hybridized carbons (Fsp3) is 0.333. The third kappa shape index (κ3) is 3.20. The van der Waals surface area contributed by atoms with Crippen molar-refractivity contribution in [2.24, 2.45) is 0 Å². The Labute approximate surface area is 168 Å². The van der Waals surface area contributed by atoms with Crippen LogP contribution < -0.4 is 14.8 Å². The number of nitrogens with one attached hydrogen (secondary N) is 1. The second kappa shape index (κ2) is 7.75. The van der Waals surface area contributed by atoms with Gasteiger partial charge in [0.2, 0.25) is 5.91 Å². The summed E-state index contributed by atoms with van der Waals surface area (Å²) in [5.74, 6) is 1.81. The van der Waals surface area contributed by atoms with E-state index >= 15 is 0 Å². The minimum atomic E-state index is -0.430. The molecular formula is C21H22N2O4S. The number of hydrogen-bond acceptors (Lipinski definition) is 5. The van der Waals surface area contributed by atoms with Crippen molar-refractivity contribution >= 4 is 23.6 Å². The summed E-state index contributed by atoms with van der Waals surface area (Å²) < 4.78 is 10.6. The number of fused-ring (bicyclic) bond motifs is 3. The van der Waals surface area contributed by atoms with E-state index in [1.54, 1.807) is 30.9 Å². The van der Waals surface area contributed by atoms with Crippen LogP contribution in [-0.2, 0) is 11.2 Å². The number of ether oxygens (including phenoxy) is 2. The first-order valence-corrected chi connectivity index (χ1v) is 10.2. The second-order valence-electron chi connectivity index (χ2n) is 6.73. The van der Waals surface area contributed by atoms with Crippen LogP contribution in [-0.4, -0.2) is 49.3 Å². The van der Waals surface area contributed by atoms with Crippen molar-refractivity contribution in [2.75, 3.05) is 26.5 Å². The van der Waals surface area contributed by atoms with E-state index in [2.05, 4.69) is 5.32 Å². The molecule has 1 N–H and O–H groups in total. The third-order valence-electron chi connectivity index (χ3n) is 5.16. The molecule has 0 aromatic heterocycles. The zero-order valence-corrected chi connectivity index (χ0v) is 16.6. The summed E-state index contributed by atoms with van der Waals surface area (Å²) in [5, 5.41) is 2.93. The number of hydrogen-bond donors (Lipinski definition) is 1. The van der Waals surface area contributed by atoms with Gasteiger partial charge in [-0.15, -0.1) is 11.8 Å². The van der Waals surface area contributed by atoms with Crippen molar-refractivity contribution in [3.63, 3.8) is 0 Å². The first kappa shape index (κ1) is 18.7. The quantitative estimate of drug-likeness (QED) is 0.810. The van der Waals surface area contributed by atoms with Gasteiger partial charge in [0, 0.05) is 17.9 Å². The van der Waals surface area contributed by atoms with Gasteiger partial charge in [0.25, 0.3) is 5.91 Å². The maximum Gasteiger partial charge on any atom is 0.256 e. The predicted molar refractivity (Wildman–Crippen MR) is 108 cm³/mol. The highest BCUT2D eigenvalue weighted by Gasteiger charge is 2.48. The molecule has 2 heterocycles. The summed E-state index contributed by atoms with van der Waals surface area (Å²) in [4.78, 5) is 27.2. The summed E-state index contributed by atoms with van der Waals surface area (Å²) in [6.07, 6.45) is 0.670. The Morgan fingerprint density at radius 1 is 1.18 bits per heavy atom. The zero-order chi connectivity index (χ0) is 19.7. The Morgan fingerprint density at radius 2 is 1.96 bits per heavy atom. The molecule has 146 valence electrons. The number of nitrogens with zero attached hydrogens (tertiary/aromatic N) is 1. The molecule has 1 saturated heterocycles. The lowest BCUT2D eigenvalue weighted by atomic mass is 10.1. The monoisotopic (exact) mass is 398 g/mol. The molecule has 0 spiro atoms. The van der Waals surface area contributed by atoms with Crippen molar-refractivity contribution in [2.45, 2.75) is 17.8 Å². The molecule has 2 aliphatic heterocycles. The zero-order valence-electron chi connectivity index (χ0n) is 15.8. The van der Waals surface area contributed by atoms with Crippen LogP contribution in [0.3, 0.4) is 0 Å². The van der Waals surface area contributed by atoms with Gasteiger partial charge in [0.15, 0.2) is 11.5 Å². The van der Waals surface area contributed by atoms with E-state index in [-0.39, 0.29) is 17.2 Å². The summed E-state index contributed by atoms with van der Waals surface area (Å²) in [6, 6.07) is 12.9. The van der Waals surface area contributed by atoms with Gasteiger partial charge in [0.1, 0.15) is 11.4 Å². The van der Waals surface area contributed by atoms with Gasteiger partial charge in [-0.25, -0.2) is 0 Å². The van der Waals surface area contributed by atoms with Crippen molar-refractivity contribution in [3.05, 3.63) is 59.2 Å². The molecule has 4 rings (SSSR count). The number of methoxy groups -OCH3 is 2. The van der Waals surface area contributed by atoms with E-state index < -0.39 is 6.04 Å². The molecule has 2 atom stereocenters. The molecule has 2 aromatic carbocycles. The molecule has 6 nitrogen and oxygen atoms in total. The highest BCUT2D eigenvalue weighted by molar-refractivity contribution is 7.99. The fourth-order valence-corrected chi connectivity index (χ4v) is 5.19. The minimum absolute atomic E-state index is 0.0503. The summed E-state index contributed by atoms with van der Waals surface area (Å²) in [5.41, 5.74) is 2.77. The minimum Gasteiger partial charge on any atom is -0.493 e. The van der Waals surface area contributed by atoms with Gasteiger partial charge in [-0.3, -0.25) is 9.59 Å². The number of rotatable bonds is 6. The van der Waals surface area contributed by atoms with Gasteiger partial charge in [-0.2, -0.15) is 0 Å². The van der Waals surface area contributed by atoms with Crippen molar-refractivity contribution in [1.29, 1.82) is 0 Å².